The number of rotatable bonds is 5. The quantitative estimate of drug-likeness (QED) is 0.446. The van der Waals surface area contributed by atoms with Crippen LogP contribution in [0.25, 0.3) is 0 Å². The van der Waals surface area contributed by atoms with E-state index in [2.05, 4.69) is 0 Å². The molecular formula is C16H19ClO6S. The van der Waals surface area contributed by atoms with Crippen molar-refractivity contribution >= 4 is 39.0 Å². The van der Waals surface area contributed by atoms with Crippen molar-refractivity contribution in [3.05, 3.63) is 28.8 Å². The molecule has 1 aromatic carbocycles. The van der Waals surface area contributed by atoms with E-state index < -0.39 is 38.9 Å². The van der Waals surface area contributed by atoms with Crippen molar-refractivity contribution in [1.82, 2.24) is 0 Å². The molecule has 0 radical (unpaired) electrons. The molecule has 0 saturated carbocycles. The van der Waals surface area contributed by atoms with Crippen molar-refractivity contribution in [1.29, 1.82) is 0 Å². The predicted molar refractivity (Wildman–Crippen MR) is 88.9 cm³/mol. The number of halogens is 1. The highest BCUT2D eigenvalue weighted by atomic mass is 35.5. The molecule has 1 atom stereocenters. The molecule has 1 rings (SSSR count). The molecule has 1 aromatic rings. The number of ether oxygens (including phenoxy) is 1. The van der Waals surface area contributed by atoms with Crippen molar-refractivity contribution in [3.8, 4) is 0 Å². The summed E-state index contributed by atoms with van der Waals surface area (Å²) in [5.41, 5.74) is -0.982. The van der Waals surface area contributed by atoms with Crippen LogP contribution in [-0.2, 0) is 24.2 Å². The summed E-state index contributed by atoms with van der Waals surface area (Å²) in [6.45, 7) is 5.94. The average molecular weight is 375 g/mol. The van der Waals surface area contributed by atoms with Crippen LogP contribution in [0.4, 0.5) is 0 Å². The highest BCUT2D eigenvalue weighted by Gasteiger charge is 2.36. The number of hydrogen-bond acceptors (Lipinski definition) is 6. The Hall–Kier alpha value is -1.73. The van der Waals surface area contributed by atoms with Gasteiger partial charge in [0, 0.05) is 11.8 Å². The number of carbonyl (C=O) groups is 3. The van der Waals surface area contributed by atoms with E-state index in [4.69, 9.17) is 16.3 Å². The summed E-state index contributed by atoms with van der Waals surface area (Å²) in [5, 5.41) is -0.155. The van der Waals surface area contributed by atoms with Crippen molar-refractivity contribution in [2.75, 3.05) is 6.26 Å². The molecule has 0 fully saturated rings. The Balaban J connectivity index is 3.26. The summed E-state index contributed by atoms with van der Waals surface area (Å²) in [6, 6.07) is 3.48. The Morgan fingerprint density at radius 3 is 2.08 bits per heavy atom. The van der Waals surface area contributed by atoms with Gasteiger partial charge < -0.3 is 4.74 Å². The van der Waals surface area contributed by atoms with Gasteiger partial charge in [-0.05, 0) is 45.9 Å². The van der Waals surface area contributed by atoms with E-state index in [1.54, 1.807) is 20.8 Å². The summed E-state index contributed by atoms with van der Waals surface area (Å²) in [7, 11) is -3.50. The molecule has 6 nitrogen and oxygen atoms in total. The van der Waals surface area contributed by atoms with Crippen LogP contribution in [0.3, 0.4) is 0 Å². The Labute approximate surface area is 146 Å². The van der Waals surface area contributed by atoms with Gasteiger partial charge >= 0.3 is 5.97 Å². The van der Waals surface area contributed by atoms with Gasteiger partial charge in [-0.25, -0.2) is 8.42 Å². The van der Waals surface area contributed by atoms with E-state index in [9.17, 15) is 22.8 Å². The monoisotopic (exact) mass is 374 g/mol. The SMILES string of the molecule is CC(=O)C(C(=O)OC(C)(C)C)C(=O)c1ccc(S(C)(=O)=O)cc1Cl. The highest BCUT2D eigenvalue weighted by Crippen LogP contribution is 2.25. The van der Waals surface area contributed by atoms with Crippen molar-refractivity contribution in [3.63, 3.8) is 0 Å². The van der Waals surface area contributed by atoms with Gasteiger partial charge in [0.05, 0.1) is 9.92 Å². The van der Waals surface area contributed by atoms with E-state index in [1.165, 1.54) is 12.1 Å². The first-order valence-corrected chi connectivity index (χ1v) is 9.28. The molecular weight excluding hydrogens is 356 g/mol. The molecule has 0 saturated heterocycles. The maximum Gasteiger partial charge on any atom is 0.325 e. The molecule has 0 heterocycles. The van der Waals surface area contributed by atoms with Gasteiger partial charge in [0.2, 0.25) is 0 Å². The molecule has 0 aliphatic rings. The zero-order valence-electron chi connectivity index (χ0n) is 14.0. The molecule has 0 aliphatic carbocycles. The van der Waals surface area contributed by atoms with E-state index in [0.717, 1.165) is 19.2 Å². The van der Waals surface area contributed by atoms with E-state index in [0.29, 0.717) is 0 Å². The largest absolute Gasteiger partial charge is 0.459 e. The lowest BCUT2D eigenvalue weighted by molar-refractivity contribution is -0.159. The Kier molecular flexibility index (Phi) is 5.95. The van der Waals surface area contributed by atoms with Gasteiger partial charge in [0.25, 0.3) is 0 Å². The Bertz CT molecular complexity index is 789. The van der Waals surface area contributed by atoms with Gasteiger partial charge in [-0.15, -0.1) is 0 Å². The third-order valence-electron chi connectivity index (χ3n) is 2.95. The second-order valence-electron chi connectivity index (χ2n) is 6.36. The topological polar surface area (TPSA) is 94.6 Å². The normalized spacial score (nSPS) is 13.2. The van der Waals surface area contributed by atoms with Gasteiger partial charge in [-0.2, -0.15) is 0 Å². The molecule has 0 N–H and O–H groups in total. The lowest BCUT2D eigenvalue weighted by Crippen LogP contribution is -2.36. The van der Waals surface area contributed by atoms with E-state index in [1.807, 2.05) is 0 Å². The van der Waals surface area contributed by atoms with Crippen LogP contribution in [0.1, 0.15) is 38.1 Å². The molecule has 0 amide bonds. The van der Waals surface area contributed by atoms with Gasteiger partial charge in [-0.3, -0.25) is 14.4 Å². The number of sulfone groups is 1. The maximum absolute atomic E-state index is 12.5. The summed E-state index contributed by atoms with van der Waals surface area (Å²) in [6.07, 6.45) is 0.999. The van der Waals surface area contributed by atoms with Gasteiger partial charge in [0.15, 0.2) is 27.3 Å². The predicted octanol–water partition coefficient (Wildman–Crippen LogP) is 2.47. The number of Topliss-reactive ketones (excluding diaryl/α,β-unsaturated/α-hetero) is 2. The summed E-state index contributed by atoms with van der Waals surface area (Å²) >= 11 is 5.97. The first-order chi connectivity index (χ1) is 10.7. The molecule has 0 aromatic heterocycles. The lowest BCUT2D eigenvalue weighted by atomic mass is 9.94. The summed E-state index contributed by atoms with van der Waals surface area (Å²) < 4.78 is 28.1. The van der Waals surface area contributed by atoms with Gasteiger partial charge in [-0.1, -0.05) is 11.6 Å². The number of esters is 1. The first-order valence-electron chi connectivity index (χ1n) is 7.01. The molecule has 1 unspecified atom stereocenters. The fourth-order valence-corrected chi connectivity index (χ4v) is 2.89. The van der Waals surface area contributed by atoms with E-state index in [-0.39, 0.29) is 15.5 Å². The molecule has 132 valence electrons. The molecule has 24 heavy (non-hydrogen) atoms. The number of benzene rings is 1. The standard InChI is InChI=1S/C16H19ClO6S/c1-9(18)13(15(20)23-16(2,3)4)14(19)11-7-6-10(8-12(11)17)24(5,21)22/h6-8,13H,1-5H3. The lowest BCUT2D eigenvalue weighted by Gasteiger charge is -2.22. The Morgan fingerprint density at radius 2 is 1.71 bits per heavy atom. The number of ketones is 2. The van der Waals surface area contributed by atoms with Crippen molar-refractivity contribution in [2.24, 2.45) is 5.92 Å². The fraction of sp³-hybridized carbons (Fsp3) is 0.438. The summed E-state index contributed by atoms with van der Waals surface area (Å²) in [4.78, 5) is 36.4. The van der Waals surface area contributed by atoms with Crippen LogP contribution in [0, 0.1) is 5.92 Å². The number of hydrogen-bond donors (Lipinski definition) is 0. The minimum absolute atomic E-state index is 0.0688. The van der Waals surface area contributed by atoms with Crippen LogP contribution in [0.2, 0.25) is 5.02 Å². The van der Waals surface area contributed by atoms with Crippen LogP contribution in [0.15, 0.2) is 23.1 Å². The zero-order chi connectivity index (χ0) is 18.9. The van der Waals surface area contributed by atoms with Crippen LogP contribution in [-0.4, -0.2) is 37.8 Å². The minimum Gasteiger partial charge on any atom is -0.459 e. The van der Waals surface area contributed by atoms with Crippen LogP contribution in [0.5, 0.6) is 0 Å². The van der Waals surface area contributed by atoms with Crippen molar-refractivity contribution < 1.29 is 27.5 Å². The third kappa shape index (κ3) is 5.14. The third-order valence-corrected chi connectivity index (χ3v) is 4.37. The highest BCUT2D eigenvalue weighted by molar-refractivity contribution is 7.90. The maximum atomic E-state index is 12.5. The minimum atomic E-state index is -3.50. The molecule has 0 bridgehead atoms. The Morgan fingerprint density at radius 1 is 1.17 bits per heavy atom. The van der Waals surface area contributed by atoms with Crippen LogP contribution >= 0.6 is 11.6 Å². The molecule has 0 aliphatic heterocycles. The summed E-state index contributed by atoms with van der Waals surface area (Å²) in [5.74, 6) is -4.13. The second kappa shape index (κ2) is 7.03. The van der Waals surface area contributed by atoms with Crippen LogP contribution < -0.4 is 0 Å². The van der Waals surface area contributed by atoms with Gasteiger partial charge in [0.1, 0.15) is 5.60 Å². The second-order valence-corrected chi connectivity index (χ2v) is 8.78. The number of carbonyl (C=O) groups excluding carboxylic acids is 3. The van der Waals surface area contributed by atoms with Crippen molar-refractivity contribution in [2.45, 2.75) is 38.2 Å². The first kappa shape index (κ1) is 20.3. The fourth-order valence-electron chi connectivity index (χ4n) is 1.90. The molecule has 0 spiro atoms. The smallest absolute Gasteiger partial charge is 0.325 e. The molecule has 8 heteroatoms. The average Bonchev–Trinajstić information content (AvgIpc) is 2.34. The van der Waals surface area contributed by atoms with E-state index >= 15 is 0 Å². The zero-order valence-corrected chi connectivity index (χ0v) is 15.6.